The molecule has 6 nitrogen and oxygen atoms in total. The van der Waals surface area contributed by atoms with E-state index in [2.05, 4.69) is 27.8 Å². The highest BCUT2D eigenvalue weighted by molar-refractivity contribution is 14.0. The van der Waals surface area contributed by atoms with Crippen molar-refractivity contribution in [2.45, 2.75) is 26.3 Å². The molecule has 8 heteroatoms. The zero-order valence-corrected chi connectivity index (χ0v) is 19.6. The number of carbonyl (C=O) groups excluding carboxylic acids is 2. The van der Waals surface area contributed by atoms with Crippen LogP contribution >= 0.6 is 24.0 Å². The van der Waals surface area contributed by atoms with Gasteiger partial charge in [-0.1, -0.05) is 24.3 Å². The molecule has 1 heterocycles. The van der Waals surface area contributed by atoms with Crippen LogP contribution in [0.3, 0.4) is 0 Å². The molecule has 1 aromatic rings. The van der Waals surface area contributed by atoms with Crippen LogP contribution in [0.25, 0.3) is 0 Å². The number of rotatable bonds is 6. The van der Waals surface area contributed by atoms with Crippen molar-refractivity contribution < 1.29 is 14.0 Å². The van der Waals surface area contributed by atoms with Gasteiger partial charge in [-0.05, 0) is 48.8 Å². The van der Waals surface area contributed by atoms with Gasteiger partial charge in [0.15, 0.2) is 5.96 Å². The monoisotopic (exact) mass is 526 g/mol. The molecule has 162 valence electrons. The number of guanidine groups is 1. The van der Waals surface area contributed by atoms with Crippen molar-refractivity contribution in [1.29, 1.82) is 0 Å². The molecule has 0 aromatic heterocycles. The van der Waals surface area contributed by atoms with Gasteiger partial charge in [0.2, 0.25) is 11.8 Å². The minimum Gasteiger partial charge on any atom is -0.356 e. The van der Waals surface area contributed by atoms with Gasteiger partial charge in [-0.25, -0.2) is 4.39 Å². The molecule has 4 rings (SSSR count). The highest BCUT2D eigenvalue weighted by atomic mass is 127. The summed E-state index contributed by atoms with van der Waals surface area (Å²) in [6.45, 7) is 3.20. The second-order valence-electron chi connectivity index (χ2n) is 8.12. The smallest absolute Gasteiger partial charge is 0.233 e. The lowest BCUT2D eigenvalue weighted by molar-refractivity contribution is -0.140. The molecule has 1 saturated heterocycles. The van der Waals surface area contributed by atoms with Gasteiger partial charge in [-0.3, -0.25) is 19.5 Å². The number of fused-ring (bicyclic) bond motifs is 5. The summed E-state index contributed by atoms with van der Waals surface area (Å²) in [4.78, 5) is 30.9. The summed E-state index contributed by atoms with van der Waals surface area (Å²) in [5.41, 5.74) is 1.45. The van der Waals surface area contributed by atoms with Crippen LogP contribution in [0.15, 0.2) is 35.3 Å². The second kappa shape index (κ2) is 9.45. The average Bonchev–Trinajstić information content (AvgIpc) is 3.39. The van der Waals surface area contributed by atoms with E-state index in [0.717, 1.165) is 12.0 Å². The summed E-state index contributed by atoms with van der Waals surface area (Å²) in [5, 5.41) is 6.33. The van der Waals surface area contributed by atoms with Gasteiger partial charge < -0.3 is 10.6 Å². The minimum atomic E-state index is -0.222. The Bertz CT molecular complexity index is 858. The van der Waals surface area contributed by atoms with Crippen molar-refractivity contribution in [1.82, 2.24) is 15.5 Å². The number of hydrogen-bond acceptors (Lipinski definition) is 3. The third kappa shape index (κ3) is 4.24. The first kappa shape index (κ1) is 22.7. The molecular formula is C22H28FIN4O2. The standard InChI is InChI=1S/C22H27FN4O2.HI/c1-13-4-5-14(10-17(13)23)12-26-22(24-2)25-8-3-9-27-20(28)18-15-6-7-16(11-15)19(18)21(27)29;/h4-7,10,15-16,18-19H,3,8-9,11-12H2,1-2H3,(H2,24,25,26);1H. The Hall–Kier alpha value is -1.97. The van der Waals surface area contributed by atoms with Gasteiger partial charge in [-0.2, -0.15) is 0 Å². The lowest BCUT2D eigenvalue weighted by Gasteiger charge is -2.18. The number of aliphatic imine (C=N–C) groups is 1. The van der Waals surface area contributed by atoms with Crippen LogP contribution in [0.1, 0.15) is 24.0 Å². The number of halogens is 2. The summed E-state index contributed by atoms with van der Waals surface area (Å²) in [7, 11) is 1.67. The first-order valence-electron chi connectivity index (χ1n) is 10.2. The molecule has 2 aliphatic carbocycles. The van der Waals surface area contributed by atoms with Crippen LogP contribution in [-0.4, -0.2) is 42.8 Å². The fraction of sp³-hybridized carbons (Fsp3) is 0.500. The zero-order valence-electron chi connectivity index (χ0n) is 17.2. The Balaban J connectivity index is 0.00000256. The van der Waals surface area contributed by atoms with Crippen LogP contribution in [0.5, 0.6) is 0 Å². The second-order valence-corrected chi connectivity index (χ2v) is 8.12. The number of imide groups is 1. The first-order chi connectivity index (χ1) is 14.0. The molecule has 0 radical (unpaired) electrons. The van der Waals surface area contributed by atoms with E-state index in [-0.39, 0.29) is 65.3 Å². The highest BCUT2D eigenvalue weighted by Crippen LogP contribution is 2.52. The number of benzene rings is 1. The number of aryl methyl sites for hydroxylation is 1. The molecule has 4 unspecified atom stereocenters. The maximum atomic E-state index is 13.6. The molecule has 2 fully saturated rings. The van der Waals surface area contributed by atoms with E-state index in [0.29, 0.717) is 37.6 Å². The van der Waals surface area contributed by atoms with Crippen LogP contribution in [-0.2, 0) is 16.1 Å². The van der Waals surface area contributed by atoms with Crippen LogP contribution in [0.4, 0.5) is 4.39 Å². The SMILES string of the molecule is CN=C(NCCCN1C(=O)C2C3C=CC(C3)C2C1=O)NCc1ccc(C)c(F)c1.I. The Labute approximate surface area is 193 Å². The number of amides is 2. The Kier molecular flexibility index (Phi) is 7.15. The quantitative estimate of drug-likeness (QED) is 0.149. The topological polar surface area (TPSA) is 73.8 Å². The molecule has 2 N–H and O–H groups in total. The van der Waals surface area contributed by atoms with Crippen molar-refractivity contribution in [3.05, 3.63) is 47.3 Å². The highest BCUT2D eigenvalue weighted by Gasteiger charge is 2.58. The molecule has 4 atom stereocenters. The summed E-state index contributed by atoms with van der Waals surface area (Å²) < 4.78 is 13.6. The largest absolute Gasteiger partial charge is 0.356 e. The number of nitrogens with zero attached hydrogens (tertiary/aromatic N) is 2. The number of carbonyl (C=O) groups is 2. The van der Waals surface area contributed by atoms with E-state index in [9.17, 15) is 14.0 Å². The third-order valence-corrected chi connectivity index (χ3v) is 6.33. The van der Waals surface area contributed by atoms with Crippen molar-refractivity contribution in [2.24, 2.45) is 28.7 Å². The number of hydrogen-bond donors (Lipinski definition) is 2. The van der Waals surface area contributed by atoms with Crippen LogP contribution in [0, 0.1) is 36.4 Å². The van der Waals surface area contributed by atoms with E-state index < -0.39 is 0 Å². The van der Waals surface area contributed by atoms with Gasteiger partial charge in [0.25, 0.3) is 0 Å². The Morgan fingerprint density at radius 3 is 2.43 bits per heavy atom. The van der Waals surface area contributed by atoms with Crippen molar-refractivity contribution in [3.8, 4) is 0 Å². The summed E-state index contributed by atoms with van der Waals surface area (Å²) >= 11 is 0. The fourth-order valence-corrected chi connectivity index (χ4v) is 4.78. The van der Waals surface area contributed by atoms with Crippen molar-refractivity contribution in [2.75, 3.05) is 20.1 Å². The van der Waals surface area contributed by atoms with Gasteiger partial charge in [0.1, 0.15) is 5.82 Å². The number of allylic oxidation sites excluding steroid dienone is 2. The number of nitrogens with one attached hydrogen (secondary N) is 2. The van der Waals surface area contributed by atoms with E-state index in [4.69, 9.17) is 0 Å². The summed E-state index contributed by atoms with van der Waals surface area (Å²) in [6.07, 6.45) is 5.82. The normalized spacial score (nSPS) is 26.8. The third-order valence-electron chi connectivity index (χ3n) is 6.33. The molecule has 3 aliphatic rings. The summed E-state index contributed by atoms with van der Waals surface area (Å²) in [5.74, 6) is 0.620. The maximum absolute atomic E-state index is 13.6. The van der Waals surface area contributed by atoms with E-state index in [1.807, 2.05) is 6.07 Å². The summed E-state index contributed by atoms with van der Waals surface area (Å²) in [6, 6.07) is 5.14. The molecule has 1 aliphatic heterocycles. The van der Waals surface area contributed by atoms with Gasteiger partial charge in [-0.15, -0.1) is 24.0 Å². The van der Waals surface area contributed by atoms with E-state index in [1.54, 1.807) is 20.0 Å². The zero-order chi connectivity index (χ0) is 20.5. The van der Waals surface area contributed by atoms with Crippen molar-refractivity contribution >= 4 is 41.8 Å². The average molecular weight is 526 g/mol. The first-order valence-corrected chi connectivity index (χ1v) is 10.2. The molecule has 0 spiro atoms. The van der Waals surface area contributed by atoms with E-state index >= 15 is 0 Å². The maximum Gasteiger partial charge on any atom is 0.233 e. The molecule has 1 aromatic carbocycles. The fourth-order valence-electron chi connectivity index (χ4n) is 4.78. The molecular weight excluding hydrogens is 498 g/mol. The molecule has 2 bridgehead atoms. The van der Waals surface area contributed by atoms with Crippen LogP contribution < -0.4 is 10.6 Å². The van der Waals surface area contributed by atoms with Crippen molar-refractivity contribution in [3.63, 3.8) is 0 Å². The van der Waals surface area contributed by atoms with Gasteiger partial charge in [0.05, 0.1) is 11.8 Å². The molecule has 1 saturated carbocycles. The van der Waals surface area contributed by atoms with E-state index in [1.165, 1.54) is 11.0 Å². The van der Waals surface area contributed by atoms with Crippen LogP contribution in [0.2, 0.25) is 0 Å². The predicted molar refractivity (Wildman–Crippen MR) is 124 cm³/mol. The Morgan fingerprint density at radius 2 is 1.83 bits per heavy atom. The van der Waals surface area contributed by atoms with Gasteiger partial charge in [0, 0.05) is 26.7 Å². The molecule has 2 amide bonds. The lowest BCUT2D eigenvalue weighted by atomic mass is 9.85. The Morgan fingerprint density at radius 1 is 1.17 bits per heavy atom. The lowest BCUT2D eigenvalue weighted by Crippen LogP contribution is -2.39. The minimum absolute atomic E-state index is 0. The number of likely N-dealkylation sites (tertiary alicyclic amines) is 1. The molecule has 30 heavy (non-hydrogen) atoms. The van der Waals surface area contributed by atoms with Gasteiger partial charge >= 0.3 is 0 Å². The predicted octanol–water partition coefficient (Wildman–Crippen LogP) is 2.61.